The van der Waals surface area contributed by atoms with Gasteiger partial charge < -0.3 is 15.2 Å². The number of anilines is 1. The Morgan fingerprint density at radius 2 is 1.89 bits per heavy atom. The van der Waals surface area contributed by atoms with Crippen LogP contribution in [0.2, 0.25) is 0 Å². The molecule has 2 N–H and O–H groups in total. The van der Waals surface area contributed by atoms with E-state index in [4.69, 9.17) is 15.2 Å². The molecule has 0 saturated heterocycles. The summed E-state index contributed by atoms with van der Waals surface area (Å²) in [5.74, 6) is 0.0668. The molecule has 0 spiro atoms. The largest absolute Gasteiger partial charge is 0.487 e. The number of nitrogens with two attached hydrogens (primary N) is 1. The molecule has 0 heterocycles. The molecule has 0 amide bonds. The van der Waals surface area contributed by atoms with Gasteiger partial charge in [-0.15, -0.1) is 0 Å². The molecule has 1 aromatic rings. The van der Waals surface area contributed by atoms with Gasteiger partial charge in [0.25, 0.3) is 0 Å². The van der Waals surface area contributed by atoms with E-state index in [9.17, 15) is 4.79 Å². The van der Waals surface area contributed by atoms with Crippen LogP contribution in [0.3, 0.4) is 0 Å². The molecule has 0 bridgehead atoms. The van der Waals surface area contributed by atoms with E-state index in [1.807, 2.05) is 0 Å². The van der Waals surface area contributed by atoms with Crippen molar-refractivity contribution in [1.29, 1.82) is 0 Å². The second-order valence-electron chi connectivity index (χ2n) is 4.95. The second-order valence-corrected chi connectivity index (χ2v) is 4.95. The Hall–Kier alpha value is -1.71. The van der Waals surface area contributed by atoms with Gasteiger partial charge in [-0.25, -0.2) is 4.79 Å². The molecule has 4 heteroatoms. The van der Waals surface area contributed by atoms with Crippen molar-refractivity contribution in [3.05, 3.63) is 23.8 Å². The highest BCUT2D eigenvalue weighted by Gasteiger charge is 2.20. The zero-order valence-electron chi connectivity index (χ0n) is 11.4. The fourth-order valence-electron chi connectivity index (χ4n) is 2.48. The highest BCUT2D eigenvalue weighted by Crippen LogP contribution is 2.31. The van der Waals surface area contributed by atoms with Gasteiger partial charge in [0.15, 0.2) is 5.75 Å². The maximum Gasteiger partial charge on any atom is 0.341 e. The van der Waals surface area contributed by atoms with E-state index in [-0.39, 0.29) is 6.10 Å². The Kier molecular flexibility index (Phi) is 4.66. The predicted molar refractivity (Wildman–Crippen MR) is 74.3 cm³/mol. The van der Waals surface area contributed by atoms with E-state index >= 15 is 0 Å². The Bertz CT molecular complexity index is 437. The fraction of sp³-hybridized carbons (Fsp3) is 0.533. The zero-order chi connectivity index (χ0) is 13.7. The Morgan fingerprint density at radius 1 is 1.21 bits per heavy atom. The number of nitrogen functional groups attached to an aromatic ring is 1. The Balaban J connectivity index is 2.20. The van der Waals surface area contributed by atoms with Crippen molar-refractivity contribution in [2.75, 3.05) is 12.8 Å². The lowest BCUT2D eigenvalue weighted by Gasteiger charge is -2.20. The third-order valence-electron chi connectivity index (χ3n) is 3.54. The number of esters is 1. The van der Waals surface area contributed by atoms with Crippen LogP contribution in [-0.4, -0.2) is 19.2 Å². The fourth-order valence-corrected chi connectivity index (χ4v) is 2.48. The molecule has 0 aromatic heterocycles. The summed E-state index contributed by atoms with van der Waals surface area (Å²) in [7, 11) is 1.36. The molecule has 2 rings (SSSR count). The Labute approximate surface area is 113 Å². The van der Waals surface area contributed by atoms with Crippen LogP contribution in [0.15, 0.2) is 18.2 Å². The van der Waals surface area contributed by atoms with Crippen molar-refractivity contribution in [2.24, 2.45) is 0 Å². The van der Waals surface area contributed by atoms with E-state index in [0.717, 1.165) is 12.8 Å². The van der Waals surface area contributed by atoms with E-state index in [1.165, 1.54) is 32.8 Å². The third kappa shape index (κ3) is 3.40. The first-order valence-corrected chi connectivity index (χ1v) is 6.86. The SMILES string of the molecule is COC(=O)c1cccc(N)c1OC1CCCCCC1. The predicted octanol–water partition coefficient (Wildman–Crippen LogP) is 3.16. The van der Waals surface area contributed by atoms with Gasteiger partial charge in [-0.1, -0.05) is 18.9 Å². The molecule has 104 valence electrons. The van der Waals surface area contributed by atoms with Gasteiger partial charge in [0.05, 0.1) is 18.9 Å². The van der Waals surface area contributed by atoms with Crippen LogP contribution in [0.1, 0.15) is 48.9 Å². The summed E-state index contributed by atoms with van der Waals surface area (Å²) in [5.41, 5.74) is 6.84. The average molecular weight is 263 g/mol. The summed E-state index contributed by atoms with van der Waals surface area (Å²) in [6.45, 7) is 0. The molecule has 1 aliphatic rings. The lowest BCUT2D eigenvalue weighted by molar-refractivity contribution is 0.0592. The summed E-state index contributed by atoms with van der Waals surface area (Å²) in [5, 5.41) is 0. The van der Waals surface area contributed by atoms with Crippen LogP contribution < -0.4 is 10.5 Å². The van der Waals surface area contributed by atoms with Gasteiger partial charge in [-0.05, 0) is 37.8 Å². The standard InChI is InChI=1S/C15H21NO3/c1-18-15(17)12-9-6-10-13(16)14(12)19-11-7-4-2-3-5-8-11/h6,9-11H,2-5,7-8,16H2,1H3. The normalized spacial score (nSPS) is 16.7. The van der Waals surface area contributed by atoms with Crippen molar-refractivity contribution in [3.8, 4) is 5.75 Å². The molecule has 1 aliphatic carbocycles. The molecule has 1 fully saturated rings. The highest BCUT2D eigenvalue weighted by molar-refractivity contribution is 5.94. The molecule has 1 aromatic carbocycles. The Morgan fingerprint density at radius 3 is 2.53 bits per heavy atom. The first-order chi connectivity index (χ1) is 9.22. The zero-order valence-corrected chi connectivity index (χ0v) is 11.4. The van der Waals surface area contributed by atoms with Crippen LogP contribution in [0.25, 0.3) is 0 Å². The smallest absolute Gasteiger partial charge is 0.341 e. The van der Waals surface area contributed by atoms with E-state index in [1.54, 1.807) is 18.2 Å². The lowest BCUT2D eigenvalue weighted by Crippen LogP contribution is -2.18. The molecule has 19 heavy (non-hydrogen) atoms. The summed E-state index contributed by atoms with van der Waals surface area (Å²) < 4.78 is 10.8. The average Bonchev–Trinajstić information content (AvgIpc) is 2.69. The first kappa shape index (κ1) is 13.7. The number of para-hydroxylation sites is 1. The quantitative estimate of drug-likeness (QED) is 0.517. The van der Waals surface area contributed by atoms with E-state index < -0.39 is 5.97 Å². The molecule has 0 atom stereocenters. The van der Waals surface area contributed by atoms with Gasteiger partial charge in [-0.3, -0.25) is 0 Å². The number of hydrogen-bond donors (Lipinski definition) is 1. The number of carbonyl (C=O) groups excluding carboxylic acids is 1. The van der Waals surface area contributed by atoms with Gasteiger partial charge in [0.2, 0.25) is 0 Å². The number of rotatable bonds is 3. The van der Waals surface area contributed by atoms with Crippen LogP contribution in [0.5, 0.6) is 5.75 Å². The number of benzene rings is 1. The molecule has 0 unspecified atom stereocenters. The topological polar surface area (TPSA) is 61.5 Å². The van der Waals surface area contributed by atoms with Crippen LogP contribution in [-0.2, 0) is 4.74 Å². The van der Waals surface area contributed by atoms with Gasteiger partial charge in [0.1, 0.15) is 5.56 Å². The molecule has 0 aliphatic heterocycles. The summed E-state index contributed by atoms with van der Waals surface area (Å²) in [6, 6.07) is 5.17. The number of ether oxygens (including phenoxy) is 2. The number of methoxy groups -OCH3 is 1. The van der Waals surface area contributed by atoms with Crippen LogP contribution in [0, 0.1) is 0 Å². The van der Waals surface area contributed by atoms with Crippen molar-refractivity contribution in [1.82, 2.24) is 0 Å². The monoisotopic (exact) mass is 263 g/mol. The van der Waals surface area contributed by atoms with Gasteiger partial charge in [0, 0.05) is 0 Å². The minimum Gasteiger partial charge on any atom is -0.487 e. The molecule has 1 saturated carbocycles. The molecular formula is C15H21NO3. The minimum absolute atomic E-state index is 0.149. The lowest BCUT2D eigenvalue weighted by atomic mass is 10.1. The van der Waals surface area contributed by atoms with Crippen molar-refractivity contribution in [2.45, 2.75) is 44.6 Å². The van der Waals surface area contributed by atoms with Crippen molar-refractivity contribution in [3.63, 3.8) is 0 Å². The minimum atomic E-state index is -0.407. The molecule has 0 radical (unpaired) electrons. The molecular weight excluding hydrogens is 242 g/mol. The third-order valence-corrected chi connectivity index (χ3v) is 3.54. The summed E-state index contributed by atoms with van der Waals surface area (Å²) >= 11 is 0. The number of hydrogen-bond acceptors (Lipinski definition) is 4. The van der Waals surface area contributed by atoms with Crippen LogP contribution >= 0.6 is 0 Å². The molecule has 4 nitrogen and oxygen atoms in total. The first-order valence-electron chi connectivity index (χ1n) is 6.86. The summed E-state index contributed by atoms with van der Waals surface area (Å²) in [6.07, 6.45) is 7.05. The van der Waals surface area contributed by atoms with Crippen LogP contribution in [0.4, 0.5) is 5.69 Å². The van der Waals surface area contributed by atoms with Gasteiger partial charge in [-0.2, -0.15) is 0 Å². The highest BCUT2D eigenvalue weighted by atomic mass is 16.5. The maximum atomic E-state index is 11.7. The van der Waals surface area contributed by atoms with Crippen molar-refractivity contribution < 1.29 is 14.3 Å². The maximum absolute atomic E-state index is 11.7. The van der Waals surface area contributed by atoms with Gasteiger partial charge >= 0.3 is 5.97 Å². The second kappa shape index (κ2) is 6.45. The summed E-state index contributed by atoms with van der Waals surface area (Å²) in [4.78, 5) is 11.7. The van der Waals surface area contributed by atoms with E-state index in [2.05, 4.69) is 0 Å². The van der Waals surface area contributed by atoms with E-state index in [0.29, 0.717) is 17.0 Å². The number of carbonyl (C=O) groups is 1. The van der Waals surface area contributed by atoms with Crippen molar-refractivity contribution >= 4 is 11.7 Å².